The fourth-order valence-electron chi connectivity index (χ4n) is 4.37. The van der Waals surface area contributed by atoms with Gasteiger partial charge in [0.15, 0.2) is 0 Å². The van der Waals surface area contributed by atoms with E-state index < -0.39 is 5.97 Å². The SMILES string of the molecule is CCCC1CCC(C(=O)O)CC1.CCCC1CCC(C(=O)OC)CC1. The van der Waals surface area contributed by atoms with E-state index in [0.29, 0.717) is 0 Å². The first kappa shape index (κ1) is 22.0. The van der Waals surface area contributed by atoms with Gasteiger partial charge in [0.1, 0.15) is 0 Å². The maximum Gasteiger partial charge on any atom is 0.308 e. The van der Waals surface area contributed by atoms with E-state index in [0.717, 1.165) is 50.4 Å². The van der Waals surface area contributed by atoms with Gasteiger partial charge in [-0.15, -0.1) is 0 Å². The first-order valence-corrected chi connectivity index (χ1v) is 10.3. The van der Waals surface area contributed by atoms with Crippen molar-refractivity contribution in [2.24, 2.45) is 23.7 Å². The molecule has 0 radical (unpaired) electrons. The highest BCUT2D eigenvalue weighted by molar-refractivity contribution is 5.72. The summed E-state index contributed by atoms with van der Waals surface area (Å²) >= 11 is 0. The van der Waals surface area contributed by atoms with E-state index in [-0.39, 0.29) is 17.8 Å². The number of carbonyl (C=O) groups is 2. The molecule has 0 aromatic rings. The summed E-state index contributed by atoms with van der Waals surface area (Å²) in [6, 6.07) is 0. The molecule has 0 heterocycles. The average molecular weight is 355 g/mol. The molecule has 0 saturated heterocycles. The number of aliphatic carboxylic acids is 1. The number of carboxylic acids is 1. The summed E-state index contributed by atoms with van der Waals surface area (Å²) in [4.78, 5) is 21.8. The second-order valence-corrected chi connectivity index (χ2v) is 7.87. The van der Waals surface area contributed by atoms with Crippen LogP contribution in [0.2, 0.25) is 0 Å². The second-order valence-electron chi connectivity index (χ2n) is 7.87. The summed E-state index contributed by atoms with van der Waals surface area (Å²) in [6.45, 7) is 4.43. The molecule has 25 heavy (non-hydrogen) atoms. The quantitative estimate of drug-likeness (QED) is 0.645. The summed E-state index contributed by atoms with van der Waals surface area (Å²) < 4.78 is 4.75. The lowest BCUT2D eigenvalue weighted by Gasteiger charge is -2.26. The van der Waals surface area contributed by atoms with Gasteiger partial charge in [-0.25, -0.2) is 0 Å². The topological polar surface area (TPSA) is 63.6 Å². The van der Waals surface area contributed by atoms with Crippen LogP contribution in [0.25, 0.3) is 0 Å². The lowest BCUT2D eigenvalue weighted by molar-refractivity contribution is -0.147. The van der Waals surface area contributed by atoms with Crippen molar-refractivity contribution in [3.63, 3.8) is 0 Å². The molecule has 2 rings (SSSR count). The van der Waals surface area contributed by atoms with Crippen LogP contribution in [0.1, 0.15) is 90.9 Å². The Morgan fingerprint density at radius 2 is 1.20 bits per heavy atom. The van der Waals surface area contributed by atoms with E-state index >= 15 is 0 Å². The molecule has 0 bridgehead atoms. The van der Waals surface area contributed by atoms with Gasteiger partial charge in [0.05, 0.1) is 18.9 Å². The van der Waals surface area contributed by atoms with Crippen molar-refractivity contribution in [1.29, 1.82) is 0 Å². The highest BCUT2D eigenvalue weighted by Gasteiger charge is 2.26. The summed E-state index contributed by atoms with van der Waals surface area (Å²) in [6.07, 6.45) is 13.7. The molecule has 2 saturated carbocycles. The molecule has 146 valence electrons. The minimum Gasteiger partial charge on any atom is -0.481 e. The fraction of sp³-hybridized carbons (Fsp3) is 0.905. The molecule has 0 aliphatic heterocycles. The second kappa shape index (κ2) is 12.3. The van der Waals surface area contributed by atoms with Gasteiger partial charge in [0.2, 0.25) is 0 Å². The van der Waals surface area contributed by atoms with E-state index in [4.69, 9.17) is 9.84 Å². The number of hydrogen-bond donors (Lipinski definition) is 1. The van der Waals surface area contributed by atoms with Gasteiger partial charge in [0, 0.05) is 0 Å². The van der Waals surface area contributed by atoms with Crippen LogP contribution in [0.5, 0.6) is 0 Å². The Balaban J connectivity index is 0.000000251. The van der Waals surface area contributed by atoms with Crippen LogP contribution in [0.4, 0.5) is 0 Å². The van der Waals surface area contributed by atoms with Crippen molar-refractivity contribution in [1.82, 2.24) is 0 Å². The highest BCUT2D eigenvalue weighted by Crippen LogP contribution is 2.32. The Morgan fingerprint density at radius 1 is 0.800 bits per heavy atom. The van der Waals surface area contributed by atoms with Gasteiger partial charge >= 0.3 is 11.9 Å². The standard InChI is InChI=1S/C11H20O2.C10H18O2/c1-3-4-9-5-7-10(8-6-9)11(12)13-2;1-2-3-8-4-6-9(7-5-8)10(11)12/h9-10H,3-8H2,1-2H3;8-9H,2-7H2,1H3,(H,11,12). The van der Waals surface area contributed by atoms with Gasteiger partial charge in [-0.05, 0) is 63.2 Å². The number of rotatable bonds is 6. The van der Waals surface area contributed by atoms with Crippen molar-refractivity contribution < 1.29 is 19.4 Å². The van der Waals surface area contributed by atoms with Crippen LogP contribution >= 0.6 is 0 Å². The lowest BCUT2D eigenvalue weighted by Crippen LogP contribution is -2.22. The molecular formula is C21H38O4. The molecule has 1 N–H and O–H groups in total. The smallest absolute Gasteiger partial charge is 0.308 e. The Hall–Kier alpha value is -1.06. The van der Waals surface area contributed by atoms with Gasteiger partial charge in [-0.1, -0.05) is 39.5 Å². The van der Waals surface area contributed by atoms with Crippen LogP contribution < -0.4 is 0 Å². The number of carbonyl (C=O) groups excluding carboxylic acids is 1. The van der Waals surface area contributed by atoms with Crippen LogP contribution in [-0.2, 0) is 14.3 Å². The normalized spacial score (nSPS) is 29.2. The van der Waals surface area contributed by atoms with E-state index in [1.54, 1.807) is 0 Å². The molecule has 4 nitrogen and oxygen atoms in total. The molecule has 0 spiro atoms. The first-order chi connectivity index (χ1) is 12.0. The zero-order valence-corrected chi connectivity index (χ0v) is 16.5. The third kappa shape index (κ3) is 8.24. The largest absolute Gasteiger partial charge is 0.481 e. The Labute approximate surface area is 153 Å². The van der Waals surface area contributed by atoms with E-state index in [9.17, 15) is 9.59 Å². The van der Waals surface area contributed by atoms with Crippen molar-refractivity contribution in [3.8, 4) is 0 Å². The van der Waals surface area contributed by atoms with Crippen LogP contribution in [0, 0.1) is 23.7 Å². The summed E-state index contributed by atoms with van der Waals surface area (Å²) in [5, 5.41) is 8.75. The lowest BCUT2D eigenvalue weighted by atomic mass is 9.80. The minimum absolute atomic E-state index is 0.00468. The Morgan fingerprint density at radius 3 is 1.52 bits per heavy atom. The van der Waals surface area contributed by atoms with Gasteiger partial charge < -0.3 is 9.84 Å². The summed E-state index contributed by atoms with van der Waals surface area (Å²) in [7, 11) is 1.49. The first-order valence-electron chi connectivity index (χ1n) is 10.3. The van der Waals surface area contributed by atoms with Crippen LogP contribution in [0.15, 0.2) is 0 Å². The summed E-state index contributed by atoms with van der Waals surface area (Å²) in [5.74, 6) is 1.23. The molecule has 4 heteroatoms. The third-order valence-electron chi connectivity index (χ3n) is 5.97. The molecule has 0 aromatic carbocycles. The van der Waals surface area contributed by atoms with Crippen LogP contribution in [0.3, 0.4) is 0 Å². The van der Waals surface area contributed by atoms with E-state index in [2.05, 4.69) is 13.8 Å². The third-order valence-corrected chi connectivity index (χ3v) is 5.97. The maximum atomic E-state index is 11.2. The zero-order valence-electron chi connectivity index (χ0n) is 16.5. The van der Waals surface area contributed by atoms with Gasteiger partial charge in [0.25, 0.3) is 0 Å². The van der Waals surface area contributed by atoms with E-state index in [1.807, 2.05) is 0 Å². The molecule has 0 unspecified atom stereocenters. The number of carboxylic acid groups (broad SMARTS) is 1. The predicted molar refractivity (Wildman–Crippen MR) is 100 cm³/mol. The van der Waals surface area contributed by atoms with Crippen molar-refractivity contribution in [2.45, 2.75) is 90.9 Å². The van der Waals surface area contributed by atoms with E-state index in [1.165, 1.54) is 45.6 Å². The Bertz CT molecular complexity index is 377. The fourth-order valence-corrected chi connectivity index (χ4v) is 4.37. The Kier molecular flexibility index (Phi) is 10.8. The summed E-state index contributed by atoms with van der Waals surface area (Å²) in [5.41, 5.74) is 0. The maximum absolute atomic E-state index is 11.2. The van der Waals surface area contributed by atoms with Crippen LogP contribution in [-0.4, -0.2) is 24.2 Å². The number of methoxy groups -OCH3 is 1. The number of esters is 1. The van der Waals surface area contributed by atoms with Gasteiger partial charge in [-0.3, -0.25) is 9.59 Å². The molecule has 0 amide bonds. The zero-order chi connectivity index (χ0) is 18.7. The van der Waals surface area contributed by atoms with Crippen molar-refractivity contribution >= 4 is 11.9 Å². The van der Waals surface area contributed by atoms with Gasteiger partial charge in [-0.2, -0.15) is 0 Å². The molecule has 2 aliphatic carbocycles. The predicted octanol–water partition coefficient (Wildman–Crippen LogP) is 5.44. The average Bonchev–Trinajstić information content (AvgIpc) is 2.63. The molecule has 2 fully saturated rings. The monoisotopic (exact) mass is 354 g/mol. The molecular weight excluding hydrogens is 316 g/mol. The molecule has 0 atom stereocenters. The van der Waals surface area contributed by atoms with Crippen molar-refractivity contribution in [3.05, 3.63) is 0 Å². The molecule has 2 aliphatic rings. The number of ether oxygens (including phenoxy) is 1. The minimum atomic E-state index is -0.593. The number of hydrogen-bond acceptors (Lipinski definition) is 3. The highest BCUT2D eigenvalue weighted by atomic mass is 16.5. The van der Waals surface area contributed by atoms with Crippen molar-refractivity contribution in [2.75, 3.05) is 7.11 Å². The molecule has 0 aromatic heterocycles.